The highest BCUT2D eigenvalue weighted by Crippen LogP contribution is 2.17. The third kappa shape index (κ3) is 4.73. The number of benzene rings is 1. The zero-order valence-electron chi connectivity index (χ0n) is 11.2. The second-order valence-corrected chi connectivity index (χ2v) is 6.32. The van der Waals surface area contributed by atoms with Gasteiger partial charge in [-0.1, -0.05) is 19.1 Å². The van der Waals surface area contributed by atoms with Crippen molar-refractivity contribution in [2.24, 2.45) is 0 Å². The Bertz CT molecular complexity index is 405. The fourth-order valence-electron chi connectivity index (χ4n) is 2.15. The van der Waals surface area contributed by atoms with Gasteiger partial charge in [-0.05, 0) is 17.6 Å². The highest BCUT2D eigenvalue weighted by Gasteiger charge is 2.16. The van der Waals surface area contributed by atoms with Crippen LogP contribution >= 0.6 is 11.8 Å². The maximum atomic E-state index is 9.10. The van der Waals surface area contributed by atoms with Crippen molar-refractivity contribution in [2.75, 3.05) is 32.0 Å². The molecule has 4 nitrogen and oxygen atoms in total. The number of hydrogen-bond donors (Lipinski definition) is 2. The minimum Gasteiger partial charge on any atom is -0.492 e. The van der Waals surface area contributed by atoms with Crippen molar-refractivity contribution >= 4 is 24.3 Å². The van der Waals surface area contributed by atoms with Gasteiger partial charge in [-0.2, -0.15) is 11.8 Å². The highest BCUT2D eigenvalue weighted by atomic mass is 32.2. The number of thioether (sulfide) groups is 1. The first-order valence-electron chi connectivity index (χ1n) is 6.58. The zero-order valence-corrected chi connectivity index (χ0v) is 12.0. The predicted octanol–water partition coefficient (Wildman–Crippen LogP) is 0.183. The summed E-state index contributed by atoms with van der Waals surface area (Å²) in [4.78, 5) is 2.41. The van der Waals surface area contributed by atoms with Crippen molar-refractivity contribution in [1.29, 1.82) is 0 Å². The molecule has 1 unspecified atom stereocenters. The van der Waals surface area contributed by atoms with E-state index in [4.69, 9.17) is 14.8 Å². The molecule has 1 aliphatic heterocycles. The molecule has 0 bridgehead atoms. The molecule has 6 heteroatoms. The third-order valence-electron chi connectivity index (χ3n) is 3.16. The van der Waals surface area contributed by atoms with Gasteiger partial charge < -0.3 is 14.8 Å². The minimum atomic E-state index is -1.44. The molecular weight excluding hydrogens is 261 g/mol. The van der Waals surface area contributed by atoms with Crippen LogP contribution in [0.1, 0.15) is 6.92 Å². The van der Waals surface area contributed by atoms with E-state index in [1.54, 1.807) is 18.2 Å². The summed E-state index contributed by atoms with van der Waals surface area (Å²) in [6, 6.07) is 6.94. The number of rotatable bonds is 5. The van der Waals surface area contributed by atoms with Crippen LogP contribution in [0, 0.1) is 0 Å². The first-order valence-corrected chi connectivity index (χ1v) is 7.63. The lowest BCUT2D eigenvalue weighted by Crippen LogP contribution is -2.39. The van der Waals surface area contributed by atoms with E-state index in [0.29, 0.717) is 23.1 Å². The van der Waals surface area contributed by atoms with Crippen LogP contribution in [-0.2, 0) is 0 Å². The fraction of sp³-hybridized carbons (Fsp3) is 0.538. The average molecular weight is 281 g/mol. The van der Waals surface area contributed by atoms with Crippen LogP contribution in [0.15, 0.2) is 24.3 Å². The Kier molecular flexibility index (Phi) is 5.57. The molecule has 1 saturated heterocycles. The Morgan fingerprint density at radius 2 is 2.32 bits per heavy atom. The second kappa shape index (κ2) is 7.19. The van der Waals surface area contributed by atoms with E-state index >= 15 is 0 Å². The third-order valence-corrected chi connectivity index (χ3v) is 4.29. The predicted molar refractivity (Wildman–Crippen MR) is 80.1 cm³/mol. The number of ether oxygens (including phenoxy) is 1. The first-order chi connectivity index (χ1) is 9.15. The summed E-state index contributed by atoms with van der Waals surface area (Å²) in [5.41, 5.74) is 0.459. The Balaban J connectivity index is 1.77. The lowest BCUT2D eigenvalue weighted by molar-refractivity contribution is 0.215. The normalized spacial score (nSPS) is 20.3. The molecule has 0 aliphatic carbocycles. The van der Waals surface area contributed by atoms with Crippen molar-refractivity contribution in [3.8, 4) is 5.75 Å². The van der Waals surface area contributed by atoms with E-state index in [-0.39, 0.29) is 0 Å². The van der Waals surface area contributed by atoms with Gasteiger partial charge in [-0.25, -0.2) is 0 Å². The lowest BCUT2D eigenvalue weighted by atomic mass is 9.80. The molecule has 1 aromatic rings. The van der Waals surface area contributed by atoms with E-state index < -0.39 is 7.12 Å². The smallest absolute Gasteiger partial charge is 0.488 e. The Morgan fingerprint density at radius 3 is 3.05 bits per heavy atom. The van der Waals surface area contributed by atoms with E-state index in [9.17, 15) is 0 Å². The summed E-state index contributed by atoms with van der Waals surface area (Å²) < 4.78 is 5.66. The Hall–Kier alpha value is -0.685. The Labute approximate surface area is 118 Å². The maximum absolute atomic E-state index is 9.10. The standard InChI is InChI=1S/C13H20BNO3S/c1-11-10-15(6-8-19-11)5-7-18-13-4-2-3-12(9-13)14(16)17/h2-4,9,11,16-17H,5-8,10H2,1H3. The van der Waals surface area contributed by atoms with Crippen LogP contribution in [0.3, 0.4) is 0 Å². The topological polar surface area (TPSA) is 52.9 Å². The molecule has 0 amide bonds. The molecule has 0 aromatic heterocycles. The summed E-state index contributed by atoms with van der Waals surface area (Å²) in [6.45, 7) is 6.03. The van der Waals surface area contributed by atoms with Gasteiger partial charge in [0.15, 0.2) is 0 Å². The molecule has 1 heterocycles. The fourth-order valence-corrected chi connectivity index (χ4v) is 3.23. The van der Waals surface area contributed by atoms with E-state index in [2.05, 4.69) is 11.8 Å². The SMILES string of the molecule is CC1CN(CCOc2cccc(B(O)O)c2)CCS1. The monoisotopic (exact) mass is 281 g/mol. The van der Waals surface area contributed by atoms with E-state index in [1.807, 2.05) is 17.8 Å². The van der Waals surface area contributed by atoms with Crippen LogP contribution in [0.2, 0.25) is 0 Å². The molecule has 1 atom stereocenters. The van der Waals surface area contributed by atoms with Crippen LogP contribution < -0.4 is 10.2 Å². The largest absolute Gasteiger partial charge is 0.492 e. The summed E-state index contributed by atoms with van der Waals surface area (Å²) in [5, 5.41) is 18.9. The molecule has 2 rings (SSSR count). The van der Waals surface area contributed by atoms with Gasteiger partial charge in [0, 0.05) is 30.6 Å². The molecular formula is C13H20BNO3S. The van der Waals surface area contributed by atoms with Crippen molar-refractivity contribution in [1.82, 2.24) is 4.90 Å². The minimum absolute atomic E-state index is 0.459. The molecule has 2 N–H and O–H groups in total. The van der Waals surface area contributed by atoms with Crippen molar-refractivity contribution in [3.63, 3.8) is 0 Å². The number of hydrogen-bond acceptors (Lipinski definition) is 5. The van der Waals surface area contributed by atoms with Crippen LogP contribution in [0.4, 0.5) is 0 Å². The maximum Gasteiger partial charge on any atom is 0.488 e. The highest BCUT2D eigenvalue weighted by molar-refractivity contribution is 7.99. The summed E-state index contributed by atoms with van der Waals surface area (Å²) in [7, 11) is -1.44. The number of nitrogens with zero attached hydrogens (tertiary/aromatic N) is 1. The molecule has 1 aromatic carbocycles. The van der Waals surface area contributed by atoms with Gasteiger partial charge in [-0.15, -0.1) is 0 Å². The molecule has 0 saturated carbocycles. The Morgan fingerprint density at radius 1 is 1.47 bits per heavy atom. The average Bonchev–Trinajstić information content (AvgIpc) is 2.39. The van der Waals surface area contributed by atoms with Crippen molar-refractivity contribution < 1.29 is 14.8 Å². The molecule has 0 radical (unpaired) electrons. The summed E-state index contributed by atoms with van der Waals surface area (Å²) >= 11 is 2.02. The molecule has 1 fully saturated rings. The summed E-state index contributed by atoms with van der Waals surface area (Å²) in [5.74, 6) is 1.87. The quantitative estimate of drug-likeness (QED) is 0.754. The lowest BCUT2D eigenvalue weighted by Gasteiger charge is -2.30. The van der Waals surface area contributed by atoms with Gasteiger partial charge in [0.1, 0.15) is 12.4 Å². The van der Waals surface area contributed by atoms with Gasteiger partial charge in [0.2, 0.25) is 0 Å². The van der Waals surface area contributed by atoms with Gasteiger partial charge in [-0.3, -0.25) is 4.90 Å². The van der Waals surface area contributed by atoms with Crippen LogP contribution in [0.5, 0.6) is 5.75 Å². The molecule has 104 valence electrons. The zero-order chi connectivity index (χ0) is 13.7. The van der Waals surface area contributed by atoms with Crippen LogP contribution in [-0.4, -0.2) is 59.3 Å². The van der Waals surface area contributed by atoms with Gasteiger partial charge in [0.25, 0.3) is 0 Å². The molecule has 19 heavy (non-hydrogen) atoms. The van der Waals surface area contributed by atoms with Crippen molar-refractivity contribution in [2.45, 2.75) is 12.2 Å². The van der Waals surface area contributed by atoms with Crippen molar-refractivity contribution in [3.05, 3.63) is 24.3 Å². The van der Waals surface area contributed by atoms with Gasteiger partial charge >= 0.3 is 7.12 Å². The van der Waals surface area contributed by atoms with Crippen LogP contribution in [0.25, 0.3) is 0 Å². The van der Waals surface area contributed by atoms with Gasteiger partial charge in [0.05, 0.1) is 0 Å². The van der Waals surface area contributed by atoms with E-state index in [0.717, 1.165) is 19.6 Å². The molecule has 0 spiro atoms. The second-order valence-electron chi connectivity index (χ2n) is 4.78. The summed E-state index contributed by atoms with van der Waals surface area (Å²) in [6.07, 6.45) is 0. The molecule has 1 aliphatic rings. The first kappa shape index (κ1) is 14.7. The van der Waals surface area contributed by atoms with E-state index in [1.165, 1.54) is 5.75 Å².